The number of piperidine rings is 1. The smallest absolute Gasteiger partial charge is 0.410 e. The number of carboxylic acid groups (broad SMARTS) is 1. The fourth-order valence-electron chi connectivity index (χ4n) is 3.38. The minimum absolute atomic E-state index is 0.0850. The van der Waals surface area contributed by atoms with Crippen molar-refractivity contribution in [2.45, 2.75) is 25.5 Å². The number of likely N-dealkylation sites (tertiary alicyclic amines) is 1. The van der Waals surface area contributed by atoms with Gasteiger partial charge in [0, 0.05) is 12.6 Å². The number of rotatable bonds is 3. The average molecular weight is 275 g/mol. The van der Waals surface area contributed by atoms with Crippen LogP contribution in [-0.4, -0.2) is 34.7 Å². The molecule has 20 heavy (non-hydrogen) atoms. The summed E-state index contributed by atoms with van der Waals surface area (Å²) < 4.78 is 5.29. The third-order valence-corrected chi connectivity index (χ3v) is 4.31. The predicted octanol–water partition coefficient (Wildman–Crippen LogP) is 2.12. The lowest BCUT2D eigenvalue weighted by Gasteiger charge is -2.26. The number of fused-ring (bicyclic) bond motifs is 2. The van der Waals surface area contributed by atoms with E-state index in [-0.39, 0.29) is 18.6 Å². The normalized spacial score (nSPS) is 27.6. The van der Waals surface area contributed by atoms with E-state index >= 15 is 0 Å². The maximum atomic E-state index is 12.1. The molecule has 1 aromatic rings. The number of aliphatic carboxylic acids is 1. The molecule has 106 valence electrons. The Labute approximate surface area is 117 Å². The summed E-state index contributed by atoms with van der Waals surface area (Å²) in [6, 6.07) is 9.28. The molecule has 2 aliphatic rings. The Bertz CT molecular complexity index is 516. The number of ether oxygens (including phenoxy) is 1. The summed E-state index contributed by atoms with van der Waals surface area (Å²) >= 11 is 0. The highest BCUT2D eigenvalue weighted by atomic mass is 16.6. The maximum absolute atomic E-state index is 12.1. The molecule has 1 aromatic carbocycles. The van der Waals surface area contributed by atoms with Gasteiger partial charge in [-0.2, -0.15) is 0 Å². The summed E-state index contributed by atoms with van der Waals surface area (Å²) in [4.78, 5) is 24.9. The molecular weight excluding hydrogens is 258 g/mol. The van der Waals surface area contributed by atoms with Crippen molar-refractivity contribution in [3.8, 4) is 0 Å². The second-order valence-electron chi connectivity index (χ2n) is 5.46. The largest absolute Gasteiger partial charge is 0.481 e. The number of benzene rings is 1. The first kappa shape index (κ1) is 13.0. The van der Waals surface area contributed by atoms with Crippen LogP contribution in [0.4, 0.5) is 4.79 Å². The van der Waals surface area contributed by atoms with Crippen LogP contribution in [0.15, 0.2) is 30.3 Å². The molecule has 1 saturated heterocycles. The van der Waals surface area contributed by atoms with Crippen molar-refractivity contribution in [1.82, 2.24) is 4.90 Å². The van der Waals surface area contributed by atoms with Crippen molar-refractivity contribution in [2.24, 2.45) is 11.8 Å². The van der Waals surface area contributed by atoms with Gasteiger partial charge in [-0.1, -0.05) is 30.3 Å². The first-order valence-corrected chi connectivity index (χ1v) is 6.87. The number of hydrogen-bond acceptors (Lipinski definition) is 3. The van der Waals surface area contributed by atoms with Crippen LogP contribution >= 0.6 is 0 Å². The van der Waals surface area contributed by atoms with Gasteiger partial charge in [-0.3, -0.25) is 4.79 Å². The highest BCUT2D eigenvalue weighted by molar-refractivity contribution is 5.76. The quantitative estimate of drug-likeness (QED) is 0.917. The van der Waals surface area contributed by atoms with Crippen LogP contribution in [0.3, 0.4) is 0 Å². The zero-order valence-corrected chi connectivity index (χ0v) is 11.1. The van der Waals surface area contributed by atoms with Crippen molar-refractivity contribution in [3.63, 3.8) is 0 Å². The highest BCUT2D eigenvalue weighted by Crippen LogP contribution is 2.43. The molecule has 5 heteroatoms. The lowest BCUT2D eigenvalue weighted by molar-refractivity contribution is -0.142. The van der Waals surface area contributed by atoms with E-state index in [4.69, 9.17) is 4.74 Å². The van der Waals surface area contributed by atoms with Gasteiger partial charge in [0.2, 0.25) is 0 Å². The summed E-state index contributed by atoms with van der Waals surface area (Å²) in [7, 11) is 0. The second-order valence-corrected chi connectivity index (χ2v) is 5.46. The number of hydrogen-bond donors (Lipinski definition) is 1. The zero-order valence-electron chi connectivity index (χ0n) is 11.1. The summed E-state index contributed by atoms with van der Waals surface area (Å²) in [6.07, 6.45) is 1.26. The van der Waals surface area contributed by atoms with Gasteiger partial charge in [-0.25, -0.2) is 4.79 Å². The van der Waals surface area contributed by atoms with Gasteiger partial charge in [-0.15, -0.1) is 0 Å². The Kier molecular flexibility index (Phi) is 3.34. The van der Waals surface area contributed by atoms with E-state index < -0.39 is 18.0 Å². The molecule has 5 nitrogen and oxygen atoms in total. The van der Waals surface area contributed by atoms with Crippen LogP contribution in [0.2, 0.25) is 0 Å². The number of carbonyl (C=O) groups excluding carboxylic acids is 1. The van der Waals surface area contributed by atoms with Crippen molar-refractivity contribution in [3.05, 3.63) is 35.9 Å². The van der Waals surface area contributed by atoms with Crippen LogP contribution < -0.4 is 0 Å². The van der Waals surface area contributed by atoms with Gasteiger partial charge in [0.1, 0.15) is 6.61 Å². The number of nitrogens with zero attached hydrogens (tertiary/aromatic N) is 1. The fraction of sp³-hybridized carbons (Fsp3) is 0.467. The maximum Gasteiger partial charge on any atom is 0.410 e. The Morgan fingerprint density at radius 3 is 2.65 bits per heavy atom. The van der Waals surface area contributed by atoms with E-state index in [0.717, 1.165) is 18.4 Å². The Balaban J connectivity index is 1.60. The van der Waals surface area contributed by atoms with Crippen LogP contribution in [0, 0.1) is 11.8 Å². The van der Waals surface area contributed by atoms with E-state index in [2.05, 4.69) is 0 Å². The molecule has 1 heterocycles. The van der Waals surface area contributed by atoms with Gasteiger partial charge >= 0.3 is 12.1 Å². The number of carboxylic acids is 1. The van der Waals surface area contributed by atoms with Gasteiger partial charge < -0.3 is 14.7 Å². The number of amides is 1. The standard InChI is InChI=1S/C15H17NO4/c17-14(18)13-11-6-7-12(13)16(8-11)15(19)20-9-10-4-2-1-3-5-10/h1-5,11-13H,6-9H2,(H,17,18)/t11-,12-,13-/m0/s1. The third kappa shape index (κ3) is 2.24. The minimum atomic E-state index is -0.796. The van der Waals surface area contributed by atoms with Crippen molar-refractivity contribution in [1.29, 1.82) is 0 Å². The summed E-state index contributed by atoms with van der Waals surface area (Å²) in [6.45, 7) is 0.737. The van der Waals surface area contributed by atoms with Crippen LogP contribution in [-0.2, 0) is 16.1 Å². The Morgan fingerprint density at radius 1 is 1.25 bits per heavy atom. The average Bonchev–Trinajstić information content (AvgIpc) is 3.03. The van der Waals surface area contributed by atoms with Gasteiger partial charge in [-0.05, 0) is 24.3 Å². The SMILES string of the molecule is O=C(O)[C@H]1[C@H]2CC[C@@H]1N(C(=O)OCc1ccccc1)C2. The lowest BCUT2D eigenvalue weighted by atomic mass is 9.99. The molecule has 0 spiro atoms. The summed E-state index contributed by atoms with van der Waals surface area (Å²) in [5.74, 6) is -1.13. The Hall–Kier alpha value is -2.04. The van der Waals surface area contributed by atoms with E-state index in [1.54, 1.807) is 4.90 Å². The molecule has 3 rings (SSSR count). The number of carbonyl (C=O) groups is 2. The van der Waals surface area contributed by atoms with Crippen LogP contribution in [0.25, 0.3) is 0 Å². The Morgan fingerprint density at radius 2 is 2.00 bits per heavy atom. The van der Waals surface area contributed by atoms with E-state index in [1.807, 2.05) is 30.3 Å². The monoisotopic (exact) mass is 275 g/mol. The molecular formula is C15H17NO4. The first-order valence-electron chi connectivity index (χ1n) is 6.87. The van der Waals surface area contributed by atoms with Gasteiger partial charge in [0.25, 0.3) is 0 Å². The van der Waals surface area contributed by atoms with Crippen LogP contribution in [0.5, 0.6) is 0 Å². The van der Waals surface area contributed by atoms with Crippen LogP contribution in [0.1, 0.15) is 18.4 Å². The summed E-state index contributed by atoms with van der Waals surface area (Å²) in [5, 5.41) is 9.22. The predicted molar refractivity (Wildman–Crippen MR) is 71.0 cm³/mol. The highest BCUT2D eigenvalue weighted by Gasteiger charge is 2.52. The topological polar surface area (TPSA) is 66.8 Å². The zero-order chi connectivity index (χ0) is 14.1. The van der Waals surface area contributed by atoms with Gasteiger partial charge in [0.15, 0.2) is 0 Å². The van der Waals surface area contributed by atoms with Crippen molar-refractivity contribution in [2.75, 3.05) is 6.54 Å². The van der Waals surface area contributed by atoms with E-state index in [9.17, 15) is 14.7 Å². The molecule has 3 atom stereocenters. The van der Waals surface area contributed by atoms with E-state index in [1.165, 1.54) is 0 Å². The molecule has 2 bridgehead atoms. The fourth-order valence-corrected chi connectivity index (χ4v) is 3.38. The molecule has 0 aromatic heterocycles. The summed E-state index contributed by atoms with van der Waals surface area (Å²) in [5.41, 5.74) is 0.931. The van der Waals surface area contributed by atoms with E-state index in [0.29, 0.717) is 6.54 Å². The molecule has 1 aliphatic heterocycles. The molecule has 1 saturated carbocycles. The second kappa shape index (κ2) is 5.15. The lowest BCUT2D eigenvalue weighted by Crippen LogP contribution is -2.39. The molecule has 2 fully saturated rings. The molecule has 1 N–H and O–H groups in total. The molecule has 1 amide bonds. The minimum Gasteiger partial charge on any atom is -0.481 e. The first-order chi connectivity index (χ1) is 9.66. The molecule has 1 aliphatic carbocycles. The van der Waals surface area contributed by atoms with Gasteiger partial charge in [0.05, 0.1) is 5.92 Å². The third-order valence-electron chi connectivity index (χ3n) is 4.31. The molecule has 0 unspecified atom stereocenters. The van der Waals surface area contributed by atoms with Crippen molar-refractivity contribution >= 4 is 12.1 Å². The van der Waals surface area contributed by atoms with Crippen molar-refractivity contribution < 1.29 is 19.4 Å². The molecule has 0 radical (unpaired) electrons.